The van der Waals surface area contributed by atoms with Gasteiger partial charge in [-0.25, -0.2) is 0 Å². The highest BCUT2D eigenvalue weighted by molar-refractivity contribution is 6.31. The first-order valence-corrected chi connectivity index (χ1v) is 8.84. The molecule has 0 bridgehead atoms. The van der Waals surface area contributed by atoms with Crippen molar-refractivity contribution in [2.24, 2.45) is 0 Å². The van der Waals surface area contributed by atoms with Crippen molar-refractivity contribution in [1.82, 2.24) is 4.90 Å². The van der Waals surface area contributed by atoms with Gasteiger partial charge in [0, 0.05) is 29.5 Å². The highest BCUT2D eigenvalue weighted by atomic mass is 35.5. The van der Waals surface area contributed by atoms with E-state index in [4.69, 9.17) is 16.3 Å². The maximum absolute atomic E-state index is 12.5. The minimum Gasteiger partial charge on any atom is -0.495 e. The normalized spacial score (nSPS) is 13.8. The fraction of sp³-hybridized carbons (Fsp3) is 0.250. The van der Waals surface area contributed by atoms with Gasteiger partial charge >= 0.3 is 0 Å². The van der Waals surface area contributed by atoms with Gasteiger partial charge in [0.05, 0.1) is 19.3 Å². The molecule has 0 aromatic heterocycles. The molecule has 1 aliphatic rings. The lowest BCUT2D eigenvalue weighted by atomic mass is 10.1. The number of benzene rings is 2. The van der Waals surface area contributed by atoms with Crippen molar-refractivity contribution < 1.29 is 19.1 Å². The second-order valence-corrected chi connectivity index (χ2v) is 6.73. The van der Waals surface area contributed by atoms with E-state index in [1.807, 2.05) is 6.92 Å². The van der Waals surface area contributed by atoms with Crippen molar-refractivity contribution in [3.05, 3.63) is 58.1 Å². The van der Waals surface area contributed by atoms with Crippen LogP contribution in [0.1, 0.15) is 34.3 Å². The summed E-state index contributed by atoms with van der Waals surface area (Å²) in [5, 5.41) is 3.37. The Hall–Kier alpha value is -2.86. The van der Waals surface area contributed by atoms with Gasteiger partial charge in [-0.05, 0) is 36.2 Å². The zero-order chi connectivity index (χ0) is 19.6. The summed E-state index contributed by atoms with van der Waals surface area (Å²) >= 11 is 6.08. The maximum atomic E-state index is 12.5. The Kier molecular flexibility index (Phi) is 5.46. The van der Waals surface area contributed by atoms with Crippen molar-refractivity contribution >= 4 is 35.0 Å². The number of methoxy groups -OCH3 is 1. The highest BCUT2D eigenvalue weighted by Gasteiger charge is 2.28. The van der Waals surface area contributed by atoms with Crippen LogP contribution in [0.15, 0.2) is 36.4 Å². The number of nitrogens with one attached hydrogen (secondary N) is 1. The number of hydrogen-bond donors (Lipinski definition) is 1. The molecule has 1 heterocycles. The number of rotatable bonds is 5. The second kappa shape index (κ2) is 7.80. The first kappa shape index (κ1) is 18.9. The van der Waals surface area contributed by atoms with E-state index in [-0.39, 0.29) is 37.1 Å². The minimum atomic E-state index is -0.296. The van der Waals surface area contributed by atoms with E-state index in [0.29, 0.717) is 22.0 Å². The van der Waals surface area contributed by atoms with E-state index < -0.39 is 0 Å². The molecule has 0 saturated carbocycles. The molecule has 2 aromatic carbocycles. The molecule has 1 saturated heterocycles. The largest absolute Gasteiger partial charge is 0.495 e. The zero-order valence-electron chi connectivity index (χ0n) is 15.0. The van der Waals surface area contributed by atoms with Gasteiger partial charge in [0.15, 0.2) is 0 Å². The Morgan fingerprint density at radius 3 is 2.37 bits per heavy atom. The number of carbonyl (C=O) groups excluding carboxylic acids is 3. The lowest BCUT2D eigenvalue weighted by molar-refractivity contribution is -0.139. The number of likely N-dealkylation sites (tertiary alicyclic amines) is 1. The molecule has 0 atom stereocenters. The fourth-order valence-corrected chi connectivity index (χ4v) is 3.02. The predicted molar refractivity (Wildman–Crippen MR) is 102 cm³/mol. The van der Waals surface area contributed by atoms with Crippen molar-refractivity contribution in [3.8, 4) is 5.75 Å². The monoisotopic (exact) mass is 386 g/mol. The summed E-state index contributed by atoms with van der Waals surface area (Å²) < 4.78 is 5.26. The van der Waals surface area contributed by atoms with Crippen molar-refractivity contribution in [2.45, 2.75) is 26.3 Å². The molecule has 0 radical (unpaired) electrons. The summed E-state index contributed by atoms with van der Waals surface area (Å²) in [4.78, 5) is 37.2. The number of nitrogens with zero attached hydrogens (tertiary/aromatic N) is 1. The molecule has 6 nitrogen and oxygen atoms in total. The van der Waals surface area contributed by atoms with Crippen LogP contribution >= 0.6 is 11.6 Å². The summed E-state index contributed by atoms with van der Waals surface area (Å²) in [7, 11) is 1.51. The van der Waals surface area contributed by atoms with Crippen LogP contribution in [-0.4, -0.2) is 29.7 Å². The third-order valence-corrected chi connectivity index (χ3v) is 4.85. The summed E-state index contributed by atoms with van der Waals surface area (Å²) in [6.45, 7) is 2.07. The number of halogens is 1. The van der Waals surface area contributed by atoms with Crippen LogP contribution in [0.3, 0.4) is 0 Å². The Morgan fingerprint density at radius 1 is 1.15 bits per heavy atom. The first-order valence-electron chi connectivity index (χ1n) is 8.46. The van der Waals surface area contributed by atoms with Crippen molar-refractivity contribution in [2.75, 3.05) is 12.4 Å². The van der Waals surface area contributed by atoms with Gasteiger partial charge < -0.3 is 10.1 Å². The van der Waals surface area contributed by atoms with E-state index in [9.17, 15) is 14.4 Å². The lowest BCUT2D eigenvalue weighted by Gasteiger charge is -2.14. The third-order valence-electron chi connectivity index (χ3n) is 4.44. The van der Waals surface area contributed by atoms with Gasteiger partial charge in [-0.1, -0.05) is 23.7 Å². The number of amides is 3. The number of imide groups is 1. The Labute approximate surface area is 162 Å². The quantitative estimate of drug-likeness (QED) is 0.797. The number of carbonyl (C=O) groups is 3. The Bertz CT molecular complexity index is 893. The molecule has 1 aliphatic heterocycles. The molecule has 0 spiro atoms. The maximum Gasteiger partial charge on any atom is 0.255 e. The average Bonchev–Trinajstić information content (AvgIpc) is 2.97. The third kappa shape index (κ3) is 4.11. The van der Waals surface area contributed by atoms with Crippen LogP contribution in [0, 0.1) is 6.92 Å². The SMILES string of the molecule is COc1cc(Cl)c(C)cc1NC(=O)c1ccc(CN2C(=O)CCC2=O)cc1. The van der Waals surface area contributed by atoms with Crippen LogP contribution in [0.5, 0.6) is 5.75 Å². The number of aryl methyl sites for hydroxylation is 1. The number of ether oxygens (including phenoxy) is 1. The van der Waals surface area contributed by atoms with Gasteiger partial charge in [-0.2, -0.15) is 0 Å². The summed E-state index contributed by atoms with van der Waals surface area (Å²) in [6.07, 6.45) is 0.531. The molecule has 140 valence electrons. The summed E-state index contributed by atoms with van der Waals surface area (Å²) in [6, 6.07) is 10.2. The molecular weight excluding hydrogens is 368 g/mol. The molecule has 1 N–H and O–H groups in total. The minimum absolute atomic E-state index is 0.160. The van der Waals surface area contributed by atoms with Crippen LogP contribution in [0.4, 0.5) is 5.69 Å². The molecule has 27 heavy (non-hydrogen) atoms. The molecule has 0 unspecified atom stereocenters. The molecule has 3 amide bonds. The van der Waals surface area contributed by atoms with E-state index in [1.54, 1.807) is 36.4 Å². The van der Waals surface area contributed by atoms with E-state index in [1.165, 1.54) is 12.0 Å². The highest BCUT2D eigenvalue weighted by Crippen LogP contribution is 2.31. The van der Waals surface area contributed by atoms with Crippen LogP contribution < -0.4 is 10.1 Å². The van der Waals surface area contributed by atoms with E-state index >= 15 is 0 Å². The smallest absolute Gasteiger partial charge is 0.255 e. The average molecular weight is 387 g/mol. The topological polar surface area (TPSA) is 75.7 Å². The Morgan fingerprint density at radius 2 is 1.78 bits per heavy atom. The molecule has 2 aromatic rings. The van der Waals surface area contributed by atoms with Crippen LogP contribution in [0.2, 0.25) is 5.02 Å². The van der Waals surface area contributed by atoms with E-state index in [0.717, 1.165) is 11.1 Å². The molecular formula is C20H19ClN2O4. The standard InChI is InChI=1S/C20H19ClN2O4/c1-12-9-16(17(27-2)10-15(12)21)22-20(26)14-5-3-13(4-6-14)11-23-18(24)7-8-19(23)25/h3-6,9-10H,7-8,11H2,1-2H3,(H,22,26). The molecule has 0 aliphatic carbocycles. The fourth-order valence-electron chi connectivity index (χ4n) is 2.87. The first-order chi connectivity index (χ1) is 12.9. The summed E-state index contributed by atoms with van der Waals surface area (Å²) in [5.74, 6) is -0.143. The Balaban J connectivity index is 1.72. The second-order valence-electron chi connectivity index (χ2n) is 6.33. The molecule has 3 rings (SSSR count). The van der Waals surface area contributed by atoms with Crippen molar-refractivity contribution in [3.63, 3.8) is 0 Å². The molecule has 1 fully saturated rings. The van der Waals surface area contributed by atoms with E-state index in [2.05, 4.69) is 5.32 Å². The molecule has 7 heteroatoms. The van der Waals surface area contributed by atoms with Crippen LogP contribution in [-0.2, 0) is 16.1 Å². The van der Waals surface area contributed by atoms with Crippen LogP contribution in [0.25, 0.3) is 0 Å². The predicted octanol–water partition coefficient (Wildman–Crippen LogP) is 3.56. The van der Waals surface area contributed by atoms with Gasteiger partial charge in [0.1, 0.15) is 5.75 Å². The summed E-state index contributed by atoms with van der Waals surface area (Å²) in [5.41, 5.74) is 2.59. The van der Waals surface area contributed by atoms with Gasteiger partial charge in [-0.15, -0.1) is 0 Å². The lowest BCUT2D eigenvalue weighted by Crippen LogP contribution is -2.28. The van der Waals surface area contributed by atoms with Gasteiger partial charge in [0.25, 0.3) is 5.91 Å². The number of anilines is 1. The van der Waals surface area contributed by atoms with Gasteiger partial charge in [0.2, 0.25) is 11.8 Å². The zero-order valence-corrected chi connectivity index (χ0v) is 15.8. The van der Waals surface area contributed by atoms with Gasteiger partial charge in [-0.3, -0.25) is 19.3 Å². The number of hydrogen-bond acceptors (Lipinski definition) is 4. The van der Waals surface area contributed by atoms with Crippen molar-refractivity contribution in [1.29, 1.82) is 0 Å².